The molecule has 1 unspecified atom stereocenters. The van der Waals surface area contributed by atoms with E-state index < -0.39 is 11.6 Å². The molecule has 1 saturated heterocycles. The molecule has 0 saturated carbocycles. The zero-order chi connectivity index (χ0) is 21.6. The summed E-state index contributed by atoms with van der Waals surface area (Å²) in [5, 5.41) is 9.23. The van der Waals surface area contributed by atoms with Gasteiger partial charge in [-0.1, -0.05) is 65.3 Å². The summed E-state index contributed by atoms with van der Waals surface area (Å²) in [7, 11) is 0. The average Bonchev–Trinajstić information content (AvgIpc) is 3.33. The van der Waals surface area contributed by atoms with Gasteiger partial charge in [-0.15, -0.1) is 0 Å². The van der Waals surface area contributed by atoms with Gasteiger partial charge in [0.2, 0.25) is 0 Å². The molecule has 1 N–H and O–H groups in total. The Morgan fingerprint density at radius 2 is 1.77 bits per heavy atom. The number of halogens is 1. The van der Waals surface area contributed by atoms with Crippen LogP contribution in [0.4, 0.5) is 4.79 Å². The van der Waals surface area contributed by atoms with E-state index in [9.17, 15) is 9.59 Å². The van der Waals surface area contributed by atoms with E-state index in [1.165, 1.54) is 0 Å². The topological polar surface area (TPSA) is 88.3 Å². The van der Waals surface area contributed by atoms with Gasteiger partial charge in [-0.2, -0.15) is 4.98 Å². The number of aromatic nitrogens is 2. The number of carbonyl (C=O) groups is 2. The Morgan fingerprint density at radius 3 is 2.58 bits per heavy atom. The van der Waals surface area contributed by atoms with Crippen molar-refractivity contribution in [1.82, 2.24) is 20.4 Å². The molecule has 2 heterocycles. The van der Waals surface area contributed by atoms with Gasteiger partial charge in [0, 0.05) is 0 Å². The van der Waals surface area contributed by atoms with Crippen LogP contribution < -0.4 is 5.32 Å². The molecule has 5 rings (SSSR count). The molecule has 0 aliphatic carbocycles. The highest BCUT2D eigenvalue weighted by atomic mass is 35.5. The molecule has 154 valence electrons. The Bertz CT molecular complexity index is 1340. The van der Waals surface area contributed by atoms with E-state index in [2.05, 4.69) is 15.5 Å². The Labute approximate surface area is 182 Å². The minimum atomic E-state index is -1.18. The van der Waals surface area contributed by atoms with Crippen molar-refractivity contribution in [2.24, 2.45) is 0 Å². The minimum Gasteiger partial charge on any atom is -0.334 e. The molecule has 1 aliphatic heterocycles. The SMILES string of the molecule is CC1(c2ccc3ccccc3c2)NC(=O)N(Cc2noc(-c3ccccc3Cl)n2)C1=O. The number of benzene rings is 3. The molecule has 8 heteroatoms. The van der Waals surface area contributed by atoms with Crippen molar-refractivity contribution in [2.45, 2.75) is 19.0 Å². The van der Waals surface area contributed by atoms with Crippen LogP contribution in [0.1, 0.15) is 18.3 Å². The fraction of sp³-hybridized carbons (Fsp3) is 0.130. The van der Waals surface area contributed by atoms with Crippen LogP contribution in [0.3, 0.4) is 0 Å². The third-order valence-electron chi connectivity index (χ3n) is 5.47. The predicted octanol–water partition coefficient (Wildman–Crippen LogP) is 4.51. The maximum atomic E-state index is 13.2. The number of nitrogens with zero attached hydrogens (tertiary/aromatic N) is 3. The number of carbonyl (C=O) groups excluding carboxylic acids is 2. The van der Waals surface area contributed by atoms with Gasteiger partial charge in [0.25, 0.3) is 11.8 Å². The second kappa shape index (κ2) is 7.21. The first kappa shape index (κ1) is 19.3. The van der Waals surface area contributed by atoms with Gasteiger partial charge in [-0.3, -0.25) is 9.69 Å². The number of urea groups is 1. The molecule has 1 fully saturated rings. The Balaban J connectivity index is 1.42. The molecule has 7 nitrogen and oxygen atoms in total. The highest BCUT2D eigenvalue weighted by Gasteiger charge is 2.49. The molecule has 0 bridgehead atoms. The van der Waals surface area contributed by atoms with E-state index in [1.807, 2.05) is 42.5 Å². The number of amides is 3. The number of hydrogen-bond donors (Lipinski definition) is 1. The van der Waals surface area contributed by atoms with Crippen LogP contribution in [0.2, 0.25) is 5.02 Å². The lowest BCUT2D eigenvalue weighted by molar-refractivity contribution is -0.131. The molecule has 0 radical (unpaired) electrons. The molecule has 4 aromatic rings. The molecule has 1 aliphatic rings. The summed E-state index contributed by atoms with van der Waals surface area (Å²) in [6, 6.07) is 20.1. The van der Waals surface area contributed by atoms with Gasteiger partial charge in [0.15, 0.2) is 5.82 Å². The second-order valence-electron chi connectivity index (χ2n) is 7.50. The van der Waals surface area contributed by atoms with Crippen LogP contribution in [-0.4, -0.2) is 27.0 Å². The normalized spacial score (nSPS) is 18.6. The van der Waals surface area contributed by atoms with Crippen molar-refractivity contribution in [2.75, 3.05) is 0 Å². The smallest absolute Gasteiger partial charge is 0.325 e. The Kier molecular flexibility index (Phi) is 4.48. The van der Waals surface area contributed by atoms with Crippen molar-refractivity contribution in [3.05, 3.63) is 83.1 Å². The molecule has 1 aromatic heterocycles. The van der Waals surface area contributed by atoms with Crippen LogP contribution in [0.15, 0.2) is 71.3 Å². The number of hydrogen-bond acceptors (Lipinski definition) is 5. The summed E-state index contributed by atoms with van der Waals surface area (Å²) in [5.41, 5.74) is 0.106. The zero-order valence-electron chi connectivity index (χ0n) is 16.5. The van der Waals surface area contributed by atoms with Gasteiger partial charge >= 0.3 is 6.03 Å². The molecular formula is C23H17ClN4O3. The van der Waals surface area contributed by atoms with E-state index in [-0.39, 0.29) is 24.2 Å². The lowest BCUT2D eigenvalue weighted by atomic mass is 9.90. The van der Waals surface area contributed by atoms with Crippen LogP contribution in [0.25, 0.3) is 22.2 Å². The highest BCUT2D eigenvalue weighted by molar-refractivity contribution is 6.33. The van der Waals surface area contributed by atoms with Crippen LogP contribution in [-0.2, 0) is 16.9 Å². The van der Waals surface area contributed by atoms with Crippen LogP contribution >= 0.6 is 11.6 Å². The summed E-state index contributed by atoms with van der Waals surface area (Å²) in [6.07, 6.45) is 0. The monoisotopic (exact) mass is 432 g/mol. The average molecular weight is 433 g/mol. The van der Waals surface area contributed by atoms with Crippen LogP contribution in [0, 0.1) is 0 Å². The van der Waals surface area contributed by atoms with Crippen LogP contribution in [0.5, 0.6) is 0 Å². The number of rotatable bonds is 4. The lowest BCUT2D eigenvalue weighted by Gasteiger charge is -2.22. The Hall–Kier alpha value is -3.71. The van der Waals surface area contributed by atoms with Gasteiger partial charge in [-0.05, 0) is 41.5 Å². The summed E-state index contributed by atoms with van der Waals surface area (Å²) in [5.74, 6) is 0.0583. The quantitative estimate of drug-likeness (QED) is 0.479. The first-order chi connectivity index (χ1) is 15.0. The summed E-state index contributed by atoms with van der Waals surface area (Å²) in [6.45, 7) is 1.59. The van der Waals surface area contributed by atoms with Crippen molar-refractivity contribution in [3.63, 3.8) is 0 Å². The van der Waals surface area contributed by atoms with Crippen molar-refractivity contribution >= 4 is 34.3 Å². The number of imide groups is 1. The van der Waals surface area contributed by atoms with Crippen molar-refractivity contribution in [1.29, 1.82) is 0 Å². The minimum absolute atomic E-state index is 0.109. The van der Waals surface area contributed by atoms with Gasteiger partial charge in [-0.25, -0.2) is 4.79 Å². The number of nitrogens with one attached hydrogen (secondary N) is 1. The third-order valence-corrected chi connectivity index (χ3v) is 5.80. The molecular weight excluding hydrogens is 416 g/mol. The molecule has 0 spiro atoms. The number of fused-ring (bicyclic) bond motifs is 1. The van der Waals surface area contributed by atoms with Crippen molar-refractivity contribution < 1.29 is 14.1 Å². The largest absolute Gasteiger partial charge is 0.334 e. The predicted molar refractivity (Wildman–Crippen MR) is 115 cm³/mol. The standard InChI is InChI=1S/C23H17ClN4O3/c1-23(16-11-10-14-6-2-3-7-15(14)12-16)21(29)28(22(30)26-23)13-19-25-20(31-27-19)17-8-4-5-9-18(17)24/h2-12H,13H2,1H3,(H,26,30). The molecule has 1 atom stereocenters. The van der Waals surface area contributed by atoms with E-state index >= 15 is 0 Å². The van der Waals surface area contributed by atoms with Gasteiger partial charge in [0.1, 0.15) is 5.54 Å². The van der Waals surface area contributed by atoms with Gasteiger partial charge in [0.05, 0.1) is 17.1 Å². The van der Waals surface area contributed by atoms with E-state index in [1.54, 1.807) is 31.2 Å². The zero-order valence-corrected chi connectivity index (χ0v) is 17.3. The fourth-order valence-electron chi connectivity index (χ4n) is 3.74. The maximum Gasteiger partial charge on any atom is 0.325 e. The lowest BCUT2D eigenvalue weighted by Crippen LogP contribution is -2.40. The maximum absolute atomic E-state index is 13.2. The molecule has 31 heavy (non-hydrogen) atoms. The van der Waals surface area contributed by atoms with Gasteiger partial charge < -0.3 is 9.84 Å². The Morgan fingerprint density at radius 1 is 1.03 bits per heavy atom. The highest BCUT2D eigenvalue weighted by Crippen LogP contribution is 2.32. The summed E-state index contributed by atoms with van der Waals surface area (Å²) in [4.78, 5) is 31.3. The second-order valence-corrected chi connectivity index (χ2v) is 7.91. The van der Waals surface area contributed by atoms with E-state index in [0.29, 0.717) is 16.1 Å². The summed E-state index contributed by atoms with van der Waals surface area (Å²) >= 11 is 6.17. The van der Waals surface area contributed by atoms with E-state index in [0.717, 1.165) is 15.7 Å². The fourth-order valence-corrected chi connectivity index (χ4v) is 3.96. The first-order valence-corrected chi connectivity index (χ1v) is 10.0. The first-order valence-electron chi connectivity index (χ1n) is 9.66. The third kappa shape index (κ3) is 3.23. The molecule has 3 amide bonds. The van der Waals surface area contributed by atoms with E-state index in [4.69, 9.17) is 16.1 Å². The summed E-state index contributed by atoms with van der Waals surface area (Å²) < 4.78 is 5.28. The van der Waals surface area contributed by atoms with Crippen molar-refractivity contribution in [3.8, 4) is 11.5 Å². The molecule has 3 aromatic carbocycles.